The molecule has 1 amide bonds. The molecule has 13 heteroatoms. The summed E-state index contributed by atoms with van der Waals surface area (Å²) in [5.74, 6) is 0.0456. The Kier molecular flexibility index (Phi) is 4.84. The number of aliphatic hydroxyl groups is 1. The number of amides is 1. The van der Waals surface area contributed by atoms with Gasteiger partial charge in [-0.15, -0.1) is 10.2 Å². The van der Waals surface area contributed by atoms with E-state index in [1.807, 2.05) is 12.1 Å². The van der Waals surface area contributed by atoms with Gasteiger partial charge in [0.1, 0.15) is 5.60 Å². The summed E-state index contributed by atoms with van der Waals surface area (Å²) >= 11 is 0. The van der Waals surface area contributed by atoms with Crippen molar-refractivity contribution in [2.45, 2.75) is 31.8 Å². The van der Waals surface area contributed by atoms with E-state index in [1.54, 1.807) is 36.9 Å². The zero-order valence-electron chi connectivity index (χ0n) is 19.6. The lowest BCUT2D eigenvalue weighted by Gasteiger charge is -2.62. The molecule has 1 saturated heterocycles. The number of nitrogens with zero attached hydrogens (tertiary/aromatic N) is 8. The minimum Gasteiger partial charge on any atom is -0.384 e. The second kappa shape index (κ2) is 7.75. The third-order valence-corrected chi connectivity index (χ3v) is 7.04. The topological polar surface area (TPSA) is 126 Å². The van der Waals surface area contributed by atoms with E-state index in [0.29, 0.717) is 46.9 Å². The molecule has 1 saturated carbocycles. The molecule has 2 fully saturated rings. The highest BCUT2D eigenvalue weighted by Crippen LogP contribution is 2.56. The lowest BCUT2D eigenvalue weighted by Crippen LogP contribution is -2.70. The fourth-order valence-corrected chi connectivity index (χ4v) is 5.28. The highest BCUT2D eigenvalue weighted by molar-refractivity contribution is 6.09. The van der Waals surface area contributed by atoms with Crippen LogP contribution in [0.15, 0.2) is 36.8 Å². The van der Waals surface area contributed by atoms with Crippen molar-refractivity contribution in [3.05, 3.63) is 48.0 Å². The first-order valence-electron chi connectivity index (χ1n) is 11.4. The molecule has 0 atom stereocenters. The predicted octanol–water partition coefficient (Wildman–Crippen LogP) is 2.08. The lowest BCUT2D eigenvalue weighted by atomic mass is 9.55. The van der Waals surface area contributed by atoms with Crippen LogP contribution in [-0.4, -0.2) is 70.9 Å². The van der Waals surface area contributed by atoms with E-state index in [4.69, 9.17) is 0 Å². The number of hydrogen-bond donors (Lipinski definition) is 2. The van der Waals surface area contributed by atoms with Gasteiger partial charge in [0, 0.05) is 42.1 Å². The number of carbonyl (C=O) groups excluding carboxylic acids is 1. The van der Waals surface area contributed by atoms with Crippen LogP contribution in [0, 0.1) is 12.3 Å². The van der Waals surface area contributed by atoms with Gasteiger partial charge in [0.25, 0.3) is 12.3 Å². The second-order valence-corrected chi connectivity index (χ2v) is 9.80. The Morgan fingerprint density at radius 3 is 2.69 bits per heavy atom. The zero-order valence-corrected chi connectivity index (χ0v) is 19.6. The Balaban J connectivity index is 1.21. The Hall–Kier alpha value is -4.00. The Morgan fingerprint density at radius 2 is 2.00 bits per heavy atom. The Morgan fingerprint density at radius 1 is 1.22 bits per heavy atom. The minimum atomic E-state index is -2.72. The second-order valence-electron chi connectivity index (χ2n) is 9.80. The van der Waals surface area contributed by atoms with Gasteiger partial charge in [0.15, 0.2) is 0 Å². The van der Waals surface area contributed by atoms with Gasteiger partial charge in [-0.25, -0.2) is 13.3 Å². The van der Waals surface area contributed by atoms with Crippen LogP contribution in [0.1, 0.15) is 28.9 Å². The molecule has 1 aliphatic carbocycles. The van der Waals surface area contributed by atoms with E-state index in [1.165, 1.54) is 11.0 Å². The summed E-state index contributed by atoms with van der Waals surface area (Å²) < 4.78 is 27.6. The molecule has 5 heterocycles. The number of nitrogens with one attached hydrogen (secondary N) is 1. The molecule has 0 unspecified atom stereocenters. The molecule has 0 radical (unpaired) electrons. The molecule has 0 aromatic carbocycles. The van der Waals surface area contributed by atoms with Crippen molar-refractivity contribution in [3.63, 3.8) is 0 Å². The molecule has 6 rings (SSSR count). The van der Waals surface area contributed by atoms with E-state index in [-0.39, 0.29) is 24.2 Å². The van der Waals surface area contributed by atoms with Crippen molar-refractivity contribution < 1.29 is 18.7 Å². The van der Waals surface area contributed by atoms with E-state index >= 15 is 0 Å². The number of fused-ring (bicyclic) bond motifs is 1. The molecule has 186 valence electrons. The number of pyridine rings is 2. The van der Waals surface area contributed by atoms with Gasteiger partial charge in [-0.2, -0.15) is 9.90 Å². The van der Waals surface area contributed by atoms with Gasteiger partial charge >= 0.3 is 0 Å². The van der Waals surface area contributed by atoms with Crippen LogP contribution in [0.2, 0.25) is 0 Å². The number of anilines is 2. The fourth-order valence-electron chi connectivity index (χ4n) is 5.28. The first-order valence-corrected chi connectivity index (χ1v) is 11.4. The maximum atomic E-state index is 13.2. The minimum absolute atomic E-state index is 0.104. The summed E-state index contributed by atoms with van der Waals surface area (Å²) in [5.41, 5.74) is 1.48. The van der Waals surface area contributed by atoms with Crippen LogP contribution >= 0.6 is 0 Å². The van der Waals surface area contributed by atoms with Crippen LogP contribution in [0.25, 0.3) is 16.9 Å². The number of alkyl halides is 2. The fraction of sp³-hybridized carbons (Fsp3) is 0.391. The highest BCUT2D eigenvalue weighted by atomic mass is 19.3. The quantitative estimate of drug-likeness (QED) is 0.431. The summed E-state index contributed by atoms with van der Waals surface area (Å²) in [6.07, 6.45) is 2.36. The maximum absolute atomic E-state index is 13.2. The third-order valence-electron chi connectivity index (χ3n) is 7.04. The van der Waals surface area contributed by atoms with E-state index in [2.05, 4.69) is 35.7 Å². The van der Waals surface area contributed by atoms with Crippen LogP contribution in [0.4, 0.5) is 20.2 Å². The maximum Gasteiger partial charge on any atom is 0.266 e. The summed E-state index contributed by atoms with van der Waals surface area (Å²) in [6.45, 7) is 2.96. The SMILES string of the molecule is Cc1ncc(-c2nnn(C)n2)cc1NC(=O)c1cnn2ccc(N3CC4(C3)CC(O)(C(F)F)C4)cc12. The average molecular weight is 495 g/mol. The number of aryl methyl sites for hydroxylation is 2. The van der Waals surface area contributed by atoms with Crippen molar-refractivity contribution in [2.24, 2.45) is 12.5 Å². The molecule has 1 aliphatic heterocycles. The van der Waals surface area contributed by atoms with Gasteiger partial charge in [-0.3, -0.25) is 9.78 Å². The van der Waals surface area contributed by atoms with Crippen molar-refractivity contribution in [3.8, 4) is 11.4 Å². The van der Waals surface area contributed by atoms with Crippen LogP contribution in [0.3, 0.4) is 0 Å². The third kappa shape index (κ3) is 3.58. The highest BCUT2D eigenvalue weighted by Gasteiger charge is 2.63. The van der Waals surface area contributed by atoms with E-state index in [9.17, 15) is 18.7 Å². The summed E-state index contributed by atoms with van der Waals surface area (Å²) in [5, 5.41) is 29.1. The number of rotatable bonds is 5. The van der Waals surface area contributed by atoms with Crippen LogP contribution in [0.5, 0.6) is 0 Å². The van der Waals surface area contributed by atoms with Crippen molar-refractivity contribution >= 4 is 22.8 Å². The van der Waals surface area contributed by atoms with Crippen molar-refractivity contribution in [1.82, 2.24) is 34.8 Å². The molecule has 36 heavy (non-hydrogen) atoms. The summed E-state index contributed by atoms with van der Waals surface area (Å²) in [6, 6.07) is 5.48. The van der Waals surface area contributed by atoms with Gasteiger partial charge < -0.3 is 15.3 Å². The zero-order chi connectivity index (χ0) is 25.2. The number of hydrogen-bond acceptors (Lipinski definition) is 8. The Bertz CT molecular complexity index is 1480. The van der Waals surface area contributed by atoms with E-state index in [0.717, 1.165) is 5.69 Å². The van der Waals surface area contributed by atoms with Crippen molar-refractivity contribution in [1.29, 1.82) is 0 Å². The van der Waals surface area contributed by atoms with Gasteiger partial charge in [0.2, 0.25) is 5.82 Å². The average Bonchev–Trinajstić information content (AvgIpc) is 3.42. The molecular weight excluding hydrogens is 472 g/mol. The molecule has 2 N–H and O–H groups in total. The number of aromatic nitrogens is 7. The van der Waals surface area contributed by atoms with Crippen LogP contribution < -0.4 is 10.2 Å². The summed E-state index contributed by atoms with van der Waals surface area (Å²) in [4.78, 5) is 20.9. The number of tetrazole rings is 1. The van der Waals surface area contributed by atoms with Gasteiger partial charge in [-0.1, -0.05) is 0 Å². The Labute approximate surface area is 203 Å². The monoisotopic (exact) mass is 495 g/mol. The largest absolute Gasteiger partial charge is 0.384 e. The predicted molar refractivity (Wildman–Crippen MR) is 125 cm³/mol. The molecule has 4 aromatic heterocycles. The van der Waals surface area contributed by atoms with Gasteiger partial charge in [-0.05, 0) is 43.2 Å². The molecular formula is C23H23F2N9O2. The molecule has 1 spiro atoms. The molecule has 11 nitrogen and oxygen atoms in total. The molecule has 0 bridgehead atoms. The first-order chi connectivity index (χ1) is 17.1. The number of carbonyl (C=O) groups is 1. The summed E-state index contributed by atoms with van der Waals surface area (Å²) in [7, 11) is 1.66. The number of halogens is 2. The van der Waals surface area contributed by atoms with E-state index < -0.39 is 12.0 Å². The normalized spacial score (nSPS) is 17.9. The molecule has 4 aromatic rings. The molecule has 2 aliphatic rings. The standard InChI is InChI=1S/C23H23F2N9O2/c1-13-17(5-14(7-26-13)19-29-31-32(2)30-19)28-20(35)16-8-27-34-4-3-15(6-18(16)34)33-11-22(12-33)9-23(36,10-22)21(24)25/h3-8,21,36H,9-12H2,1-2H3,(H,28,35). The lowest BCUT2D eigenvalue weighted by molar-refractivity contribution is -0.209. The first kappa shape index (κ1) is 22.5. The van der Waals surface area contributed by atoms with Crippen LogP contribution in [-0.2, 0) is 7.05 Å². The smallest absolute Gasteiger partial charge is 0.266 e. The van der Waals surface area contributed by atoms with Gasteiger partial charge in [0.05, 0.1) is 35.7 Å². The van der Waals surface area contributed by atoms with Crippen molar-refractivity contribution in [2.75, 3.05) is 23.3 Å².